The molecule has 4 nitrogen and oxygen atoms in total. The Balaban J connectivity index is 2.00. The van der Waals surface area contributed by atoms with Crippen LogP contribution >= 0.6 is 0 Å². The summed E-state index contributed by atoms with van der Waals surface area (Å²) in [6, 6.07) is 5.77. The Kier molecular flexibility index (Phi) is 5.15. The first kappa shape index (κ1) is 15.0. The number of rotatable bonds is 5. The van der Waals surface area contributed by atoms with E-state index in [4.69, 9.17) is 5.73 Å². The summed E-state index contributed by atoms with van der Waals surface area (Å²) in [5, 5.41) is 3.28. The topological polar surface area (TPSA) is 58.4 Å². The van der Waals surface area contributed by atoms with Gasteiger partial charge in [-0.05, 0) is 69.1 Å². The van der Waals surface area contributed by atoms with Gasteiger partial charge in [0.2, 0.25) is 5.91 Å². The second-order valence-electron chi connectivity index (χ2n) is 5.81. The van der Waals surface area contributed by atoms with Gasteiger partial charge in [-0.25, -0.2) is 0 Å². The first-order chi connectivity index (χ1) is 9.60. The minimum Gasteiger partial charge on any atom is -0.366 e. The van der Waals surface area contributed by atoms with Gasteiger partial charge in [-0.1, -0.05) is 6.07 Å². The highest BCUT2D eigenvalue weighted by atomic mass is 16.1. The van der Waals surface area contributed by atoms with E-state index in [9.17, 15) is 4.79 Å². The standard InChI is InChI=1S/C16H25N3O/c1-12-8-14(16(17)20)5-6-15(12)11-19-7-3-4-13(10-19)9-18-2/h5-6,8,13,18H,3-4,7,9-11H2,1-2H3,(H2,17,20). The molecule has 1 heterocycles. The average Bonchev–Trinajstić information content (AvgIpc) is 2.42. The molecule has 1 aliphatic rings. The van der Waals surface area contributed by atoms with Crippen molar-refractivity contribution in [3.05, 3.63) is 34.9 Å². The first-order valence-corrected chi connectivity index (χ1v) is 7.36. The number of hydrogen-bond acceptors (Lipinski definition) is 3. The third-order valence-electron chi connectivity index (χ3n) is 4.12. The molecule has 0 aliphatic carbocycles. The number of aryl methyl sites for hydroxylation is 1. The van der Waals surface area contributed by atoms with Crippen LogP contribution in [0.3, 0.4) is 0 Å². The highest BCUT2D eigenvalue weighted by molar-refractivity contribution is 5.93. The predicted octanol–water partition coefficient (Wildman–Crippen LogP) is 1.53. The van der Waals surface area contributed by atoms with Crippen LogP contribution in [0.25, 0.3) is 0 Å². The minimum atomic E-state index is -0.355. The third kappa shape index (κ3) is 3.81. The van der Waals surface area contributed by atoms with Gasteiger partial charge in [-0.15, -0.1) is 0 Å². The Bertz CT molecular complexity index is 471. The monoisotopic (exact) mass is 275 g/mol. The number of piperidine rings is 1. The highest BCUT2D eigenvalue weighted by Gasteiger charge is 2.19. The van der Waals surface area contributed by atoms with E-state index in [2.05, 4.69) is 17.1 Å². The van der Waals surface area contributed by atoms with Crippen molar-refractivity contribution in [2.45, 2.75) is 26.3 Å². The molecular formula is C16H25N3O. The van der Waals surface area contributed by atoms with E-state index in [0.29, 0.717) is 5.56 Å². The second-order valence-corrected chi connectivity index (χ2v) is 5.81. The molecular weight excluding hydrogens is 250 g/mol. The Hall–Kier alpha value is -1.39. The number of hydrogen-bond donors (Lipinski definition) is 2. The lowest BCUT2D eigenvalue weighted by Gasteiger charge is -2.33. The zero-order chi connectivity index (χ0) is 14.5. The molecule has 1 atom stereocenters. The number of carbonyl (C=O) groups is 1. The number of likely N-dealkylation sites (tertiary alicyclic amines) is 1. The Morgan fingerprint density at radius 1 is 1.50 bits per heavy atom. The number of amides is 1. The summed E-state index contributed by atoms with van der Waals surface area (Å²) in [5.41, 5.74) is 8.35. The third-order valence-corrected chi connectivity index (χ3v) is 4.12. The van der Waals surface area contributed by atoms with Crippen LogP contribution < -0.4 is 11.1 Å². The SMILES string of the molecule is CNCC1CCCN(Cc2ccc(C(N)=O)cc2C)C1. The molecule has 3 N–H and O–H groups in total. The van der Waals surface area contributed by atoms with Gasteiger partial charge in [0.1, 0.15) is 0 Å². The van der Waals surface area contributed by atoms with Gasteiger partial charge in [-0.3, -0.25) is 9.69 Å². The van der Waals surface area contributed by atoms with Crippen LogP contribution in [0.5, 0.6) is 0 Å². The molecule has 110 valence electrons. The summed E-state index contributed by atoms with van der Waals surface area (Å²) >= 11 is 0. The van der Waals surface area contributed by atoms with Gasteiger partial charge in [0.05, 0.1) is 0 Å². The number of nitrogens with two attached hydrogens (primary N) is 1. The number of nitrogens with one attached hydrogen (secondary N) is 1. The maximum absolute atomic E-state index is 11.2. The van der Waals surface area contributed by atoms with Crippen LogP contribution in [0.15, 0.2) is 18.2 Å². The summed E-state index contributed by atoms with van der Waals surface area (Å²) < 4.78 is 0. The van der Waals surface area contributed by atoms with E-state index >= 15 is 0 Å². The van der Waals surface area contributed by atoms with Crippen LogP contribution in [0.2, 0.25) is 0 Å². The molecule has 1 saturated heterocycles. The number of benzene rings is 1. The Morgan fingerprint density at radius 3 is 2.95 bits per heavy atom. The van der Waals surface area contributed by atoms with E-state index in [1.54, 1.807) is 0 Å². The summed E-state index contributed by atoms with van der Waals surface area (Å²) in [6.45, 7) is 6.42. The van der Waals surface area contributed by atoms with Crippen molar-refractivity contribution >= 4 is 5.91 Å². The molecule has 2 rings (SSSR count). The minimum absolute atomic E-state index is 0.355. The summed E-state index contributed by atoms with van der Waals surface area (Å²) in [7, 11) is 2.02. The quantitative estimate of drug-likeness (QED) is 0.856. The van der Waals surface area contributed by atoms with E-state index in [0.717, 1.165) is 37.7 Å². The van der Waals surface area contributed by atoms with Crippen LogP contribution in [-0.2, 0) is 6.54 Å². The maximum atomic E-state index is 11.2. The molecule has 0 saturated carbocycles. The predicted molar refractivity (Wildman–Crippen MR) is 81.6 cm³/mol. The van der Waals surface area contributed by atoms with Gasteiger partial charge in [0.25, 0.3) is 0 Å². The van der Waals surface area contributed by atoms with Crippen LogP contribution in [0, 0.1) is 12.8 Å². The van der Waals surface area contributed by atoms with Gasteiger partial charge in [0.15, 0.2) is 0 Å². The molecule has 20 heavy (non-hydrogen) atoms. The van der Waals surface area contributed by atoms with Gasteiger partial charge < -0.3 is 11.1 Å². The van der Waals surface area contributed by atoms with Crippen LogP contribution in [0.4, 0.5) is 0 Å². The lowest BCUT2D eigenvalue weighted by atomic mass is 9.96. The molecule has 0 bridgehead atoms. The molecule has 1 aromatic carbocycles. The van der Waals surface area contributed by atoms with Gasteiger partial charge in [0, 0.05) is 18.7 Å². The molecule has 0 spiro atoms. The molecule has 0 radical (unpaired) electrons. The fraction of sp³-hybridized carbons (Fsp3) is 0.562. The summed E-state index contributed by atoms with van der Waals surface area (Å²) in [4.78, 5) is 13.7. The average molecular weight is 275 g/mol. The Labute approximate surface area is 121 Å². The molecule has 1 aliphatic heterocycles. The smallest absolute Gasteiger partial charge is 0.248 e. The van der Waals surface area contributed by atoms with Crippen molar-refractivity contribution in [1.82, 2.24) is 10.2 Å². The van der Waals surface area contributed by atoms with Crippen molar-refractivity contribution in [3.8, 4) is 0 Å². The number of nitrogens with zero attached hydrogens (tertiary/aromatic N) is 1. The first-order valence-electron chi connectivity index (χ1n) is 7.36. The van der Waals surface area contributed by atoms with Crippen molar-refractivity contribution in [1.29, 1.82) is 0 Å². The molecule has 1 aromatic rings. The van der Waals surface area contributed by atoms with Crippen molar-refractivity contribution in [2.75, 3.05) is 26.7 Å². The summed E-state index contributed by atoms with van der Waals surface area (Å²) in [6.07, 6.45) is 2.59. The fourth-order valence-corrected chi connectivity index (χ4v) is 3.02. The lowest BCUT2D eigenvalue weighted by Crippen LogP contribution is -2.38. The zero-order valence-corrected chi connectivity index (χ0v) is 12.5. The largest absolute Gasteiger partial charge is 0.366 e. The lowest BCUT2D eigenvalue weighted by molar-refractivity contribution is 0.1000. The number of carbonyl (C=O) groups excluding carboxylic acids is 1. The van der Waals surface area contributed by atoms with E-state index in [-0.39, 0.29) is 5.91 Å². The van der Waals surface area contributed by atoms with E-state index < -0.39 is 0 Å². The molecule has 1 fully saturated rings. The van der Waals surface area contributed by atoms with Crippen molar-refractivity contribution in [3.63, 3.8) is 0 Å². The second kappa shape index (κ2) is 6.86. The maximum Gasteiger partial charge on any atom is 0.248 e. The van der Waals surface area contributed by atoms with Crippen LogP contribution in [-0.4, -0.2) is 37.5 Å². The zero-order valence-electron chi connectivity index (χ0n) is 12.5. The van der Waals surface area contributed by atoms with Gasteiger partial charge >= 0.3 is 0 Å². The Morgan fingerprint density at radius 2 is 2.30 bits per heavy atom. The molecule has 0 aromatic heterocycles. The van der Waals surface area contributed by atoms with E-state index in [1.807, 2.05) is 25.2 Å². The van der Waals surface area contributed by atoms with E-state index in [1.165, 1.54) is 18.4 Å². The van der Waals surface area contributed by atoms with Crippen LogP contribution in [0.1, 0.15) is 34.3 Å². The normalized spacial score (nSPS) is 20.0. The molecule has 1 amide bonds. The van der Waals surface area contributed by atoms with Crippen molar-refractivity contribution in [2.24, 2.45) is 11.7 Å². The highest BCUT2D eigenvalue weighted by Crippen LogP contribution is 2.20. The summed E-state index contributed by atoms with van der Waals surface area (Å²) in [5.74, 6) is 0.394. The fourth-order valence-electron chi connectivity index (χ4n) is 3.02. The molecule has 1 unspecified atom stereocenters. The van der Waals surface area contributed by atoms with Crippen molar-refractivity contribution < 1.29 is 4.79 Å². The number of primary amides is 1. The van der Waals surface area contributed by atoms with Gasteiger partial charge in [-0.2, -0.15) is 0 Å². The molecule has 4 heteroatoms.